The van der Waals surface area contributed by atoms with E-state index < -0.39 is 0 Å². The highest BCUT2D eigenvalue weighted by Crippen LogP contribution is 2.50. The highest BCUT2D eigenvalue weighted by molar-refractivity contribution is 5.98. The quantitative estimate of drug-likeness (QED) is 0.763. The molecule has 102 valence electrons. The molecule has 19 heavy (non-hydrogen) atoms. The Morgan fingerprint density at radius 3 is 2.58 bits per heavy atom. The zero-order valence-electron chi connectivity index (χ0n) is 12.1. The zero-order valence-corrected chi connectivity index (χ0v) is 12.1. The van der Waals surface area contributed by atoms with Crippen molar-refractivity contribution < 1.29 is 4.79 Å². The predicted molar refractivity (Wildman–Crippen MR) is 76.0 cm³/mol. The molecule has 1 aromatic rings. The van der Waals surface area contributed by atoms with Crippen LogP contribution >= 0.6 is 0 Å². The second-order valence-corrected chi connectivity index (χ2v) is 7.38. The lowest BCUT2D eigenvalue weighted by Gasteiger charge is -2.47. The molecule has 0 spiro atoms. The standard InChI is InChI=1S/C17H23NO/c1-17(2,3)13-7-11(8-13)12-9-15-14(16(19)10-12)5-4-6-18-15/h4-6,11-13H,7-10H2,1-3H3. The molecule has 0 bridgehead atoms. The van der Waals surface area contributed by atoms with Gasteiger partial charge >= 0.3 is 0 Å². The Bertz CT molecular complexity index is 494. The van der Waals surface area contributed by atoms with Crippen molar-refractivity contribution in [3.8, 4) is 0 Å². The first-order chi connectivity index (χ1) is 8.95. The SMILES string of the molecule is CC(C)(C)C1CC(C2CC(=O)c3cccnc3C2)C1. The van der Waals surface area contributed by atoms with Gasteiger partial charge in [-0.2, -0.15) is 0 Å². The lowest BCUT2D eigenvalue weighted by Crippen LogP contribution is -2.40. The largest absolute Gasteiger partial charge is 0.294 e. The van der Waals surface area contributed by atoms with Crippen LogP contribution in [0.5, 0.6) is 0 Å². The molecule has 0 aromatic carbocycles. The molecule has 0 aliphatic heterocycles. The van der Waals surface area contributed by atoms with E-state index in [0.717, 1.165) is 35.9 Å². The summed E-state index contributed by atoms with van der Waals surface area (Å²) in [7, 11) is 0. The Morgan fingerprint density at radius 2 is 1.89 bits per heavy atom. The monoisotopic (exact) mass is 257 g/mol. The number of carbonyl (C=O) groups excluding carboxylic acids is 1. The van der Waals surface area contributed by atoms with Crippen molar-refractivity contribution in [3.05, 3.63) is 29.6 Å². The summed E-state index contributed by atoms with van der Waals surface area (Å²) in [6, 6.07) is 3.80. The summed E-state index contributed by atoms with van der Waals surface area (Å²) in [5, 5.41) is 0. The van der Waals surface area contributed by atoms with Gasteiger partial charge < -0.3 is 0 Å². The smallest absolute Gasteiger partial charge is 0.165 e. The van der Waals surface area contributed by atoms with Gasteiger partial charge in [-0.25, -0.2) is 0 Å². The van der Waals surface area contributed by atoms with Crippen molar-refractivity contribution in [2.75, 3.05) is 0 Å². The number of ketones is 1. The lowest BCUT2D eigenvalue weighted by molar-refractivity contribution is 0.0339. The predicted octanol–water partition coefficient (Wildman–Crippen LogP) is 3.90. The van der Waals surface area contributed by atoms with Gasteiger partial charge in [-0.1, -0.05) is 20.8 Å². The van der Waals surface area contributed by atoms with Gasteiger partial charge in [-0.15, -0.1) is 0 Å². The molecule has 0 radical (unpaired) electrons. The Kier molecular flexibility index (Phi) is 2.99. The van der Waals surface area contributed by atoms with Crippen molar-refractivity contribution in [2.24, 2.45) is 23.2 Å². The number of fused-ring (bicyclic) bond motifs is 1. The highest BCUT2D eigenvalue weighted by atomic mass is 16.1. The Morgan fingerprint density at radius 1 is 1.16 bits per heavy atom. The molecule has 2 heteroatoms. The lowest BCUT2D eigenvalue weighted by atomic mass is 9.58. The van der Waals surface area contributed by atoms with Gasteiger partial charge in [0.05, 0.1) is 5.69 Å². The van der Waals surface area contributed by atoms with Crippen LogP contribution in [0.4, 0.5) is 0 Å². The average molecular weight is 257 g/mol. The first-order valence-corrected chi connectivity index (χ1v) is 7.42. The van der Waals surface area contributed by atoms with Crippen LogP contribution in [0.2, 0.25) is 0 Å². The van der Waals surface area contributed by atoms with Gasteiger partial charge in [0.25, 0.3) is 0 Å². The number of hydrogen-bond donors (Lipinski definition) is 0. The molecular weight excluding hydrogens is 234 g/mol. The van der Waals surface area contributed by atoms with Gasteiger partial charge in [0, 0.05) is 18.2 Å². The summed E-state index contributed by atoms with van der Waals surface area (Å²) in [4.78, 5) is 16.6. The number of carbonyl (C=O) groups is 1. The van der Waals surface area contributed by atoms with Crippen LogP contribution in [0.1, 0.15) is 56.1 Å². The number of pyridine rings is 1. The summed E-state index contributed by atoms with van der Waals surface area (Å²) in [6.45, 7) is 6.99. The van der Waals surface area contributed by atoms with E-state index >= 15 is 0 Å². The van der Waals surface area contributed by atoms with E-state index in [1.165, 1.54) is 12.8 Å². The molecule has 0 amide bonds. The molecule has 2 aliphatic rings. The second-order valence-electron chi connectivity index (χ2n) is 7.38. The van der Waals surface area contributed by atoms with E-state index in [-0.39, 0.29) is 0 Å². The van der Waals surface area contributed by atoms with Crippen LogP contribution < -0.4 is 0 Å². The Hall–Kier alpha value is -1.18. The highest BCUT2D eigenvalue weighted by Gasteiger charge is 2.42. The van der Waals surface area contributed by atoms with Gasteiger partial charge in [0.15, 0.2) is 5.78 Å². The maximum atomic E-state index is 12.2. The third-order valence-electron chi connectivity index (χ3n) is 5.16. The first-order valence-electron chi connectivity index (χ1n) is 7.42. The molecule has 3 rings (SSSR count). The molecule has 0 N–H and O–H groups in total. The molecule has 1 atom stereocenters. The molecular formula is C17H23NO. The van der Waals surface area contributed by atoms with E-state index in [1.54, 1.807) is 0 Å². The number of rotatable bonds is 1. The Balaban J connectivity index is 1.69. The van der Waals surface area contributed by atoms with Crippen LogP contribution in [-0.2, 0) is 6.42 Å². The van der Waals surface area contributed by atoms with Crippen molar-refractivity contribution in [1.82, 2.24) is 4.98 Å². The molecule has 1 saturated carbocycles. The van der Waals surface area contributed by atoms with Crippen LogP contribution in [0.3, 0.4) is 0 Å². The minimum absolute atomic E-state index is 0.304. The van der Waals surface area contributed by atoms with Gasteiger partial charge in [-0.05, 0) is 54.6 Å². The first kappa shape index (κ1) is 12.8. The molecule has 1 aromatic heterocycles. The van der Waals surface area contributed by atoms with Crippen molar-refractivity contribution in [1.29, 1.82) is 0 Å². The molecule has 2 aliphatic carbocycles. The topological polar surface area (TPSA) is 30.0 Å². The van der Waals surface area contributed by atoms with Crippen LogP contribution in [0.15, 0.2) is 18.3 Å². The fourth-order valence-corrected chi connectivity index (χ4v) is 3.61. The normalized spacial score (nSPS) is 30.7. The second kappa shape index (κ2) is 4.43. The van der Waals surface area contributed by atoms with E-state index in [4.69, 9.17) is 0 Å². The van der Waals surface area contributed by atoms with Gasteiger partial charge in [0.2, 0.25) is 0 Å². The number of Topliss-reactive ketones (excluding diaryl/α,β-unsaturated/α-hetero) is 1. The summed E-state index contributed by atoms with van der Waals surface area (Å²) in [5.74, 6) is 2.41. The van der Waals surface area contributed by atoms with Crippen molar-refractivity contribution >= 4 is 5.78 Å². The zero-order chi connectivity index (χ0) is 13.6. The molecule has 1 unspecified atom stereocenters. The van der Waals surface area contributed by atoms with Crippen molar-refractivity contribution in [2.45, 2.75) is 46.5 Å². The average Bonchev–Trinajstić information content (AvgIpc) is 2.25. The molecule has 1 heterocycles. The van der Waals surface area contributed by atoms with Gasteiger partial charge in [0.1, 0.15) is 0 Å². The van der Waals surface area contributed by atoms with Crippen LogP contribution in [0, 0.1) is 23.2 Å². The van der Waals surface area contributed by atoms with E-state index in [2.05, 4.69) is 25.8 Å². The van der Waals surface area contributed by atoms with E-state index in [1.807, 2.05) is 18.3 Å². The summed E-state index contributed by atoms with van der Waals surface area (Å²) < 4.78 is 0. The number of nitrogens with zero attached hydrogens (tertiary/aromatic N) is 1. The third-order valence-corrected chi connectivity index (χ3v) is 5.16. The minimum atomic E-state index is 0.304. The maximum absolute atomic E-state index is 12.2. The fraction of sp³-hybridized carbons (Fsp3) is 0.647. The number of aromatic nitrogens is 1. The fourth-order valence-electron chi connectivity index (χ4n) is 3.61. The van der Waals surface area contributed by atoms with E-state index in [9.17, 15) is 4.79 Å². The maximum Gasteiger partial charge on any atom is 0.165 e. The molecule has 2 nitrogen and oxygen atoms in total. The summed E-state index contributed by atoms with van der Waals surface area (Å²) >= 11 is 0. The summed E-state index contributed by atoms with van der Waals surface area (Å²) in [6.07, 6.45) is 6.14. The third kappa shape index (κ3) is 2.33. The van der Waals surface area contributed by atoms with Gasteiger partial charge in [-0.3, -0.25) is 9.78 Å². The Labute approximate surface area is 115 Å². The van der Waals surface area contributed by atoms with Crippen LogP contribution in [0.25, 0.3) is 0 Å². The number of hydrogen-bond acceptors (Lipinski definition) is 2. The minimum Gasteiger partial charge on any atom is -0.294 e. The van der Waals surface area contributed by atoms with E-state index in [0.29, 0.717) is 17.1 Å². The summed E-state index contributed by atoms with van der Waals surface area (Å²) in [5.41, 5.74) is 2.32. The van der Waals surface area contributed by atoms with Crippen molar-refractivity contribution in [3.63, 3.8) is 0 Å². The van der Waals surface area contributed by atoms with Crippen LogP contribution in [-0.4, -0.2) is 10.8 Å². The molecule has 1 fully saturated rings. The molecule has 0 saturated heterocycles.